The second-order valence-electron chi connectivity index (χ2n) is 5.91. The van der Waals surface area contributed by atoms with Gasteiger partial charge < -0.3 is 15.4 Å². The topological polar surface area (TPSA) is 50.4 Å². The highest BCUT2D eigenvalue weighted by Crippen LogP contribution is 2.31. The van der Waals surface area contributed by atoms with Gasteiger partial charge in [-0.1, -0.05) is 12.1 Å². The van der Waals surface area contributed by atoms with Crippen molar-refractivity contribution in [3.63, 3.8) is 0 Å². The average molecular weight is 367 g/mol. The standard InChI is InChI=1S/C16H21F3N2O2.ClH/c1-23-11-15(5-7-20-8-6-15)14(22)21-13-4-2-3-12(9-13)10-16(17,18)19;/h2-4,9,20H,5-8,10-11H2,1H3,(H,21,22);1H. The maximum Gasteiger partial charge on any atom is 0.393 e. The number of carbonyl (C=O) groups is 1. The molecule has 1 aliphatic rings. The summed E-state index contributed by atoms with van der Waals surface area (Å²) in [7, 11) is 1.54. The van der Waals surface area contributed by atoms with Gasteiger partial charge in [0, 0.05) is 12.8 Å². The molecule has 136 valence electrons. The molecule has 8 heteroatoms. The van der Waals surface area contributed by atoms with Gasteiger partial charge in [0.15, 0.2) is 0 Å². The minimum atomic E-state index is -4.27. The Balaban J connectivity index is 0.00000288. The highest BCUT2D eigenvalue weighted by atomic mass is 35.5. The quantitative estimate of drug-likeness (QED) is 0.841. The number of anilines is 1. The van der Waals surface area contributed by atoms with Crippen molar-refractivity contribution < 1.29 is 22.7 Å². The van der Waals surface area contributed by atoms with Crippen LogP contribution in [0, 0.1) is 5.41 Å². The van der Waals surface area contributed by atoms with E-state index in [2.05, 4.69) is 10.6 Å². The Bertz CT molecular complexity index is 541. The average Bonchev–Trinajstić information content (AvgIpc) is 2.47. The smallest absolute Gasteiger partial charge is 0.384 e. The molecule has 1 aliphatic heterocycles. The molecule has 24 heavy (non-hydrogen) atoms. The van der Waals surface area contributed by atoms with Gasteiger partial charge in [0.25, 0.3) is 0 Å². The van der Waals surface area contributed by atoms with Crippen molar-refractivity contribution in [1.29, 1.82) is 0 Å². The summed E-state index contributed by atoms with van der Waals surface area (Å²) in [5.41, 5.74) is -0.132. The number of methoxy groups -OCH3 is 1. The van der Waals surface area contributed by atoms with Gasteiger partial charge >= 0.3 is 6.18 Å². The van der Waals surface area contributed by atoms with Crippen molar-refractivity contribution in [1.82, 2.24) is 5.32 Å². The number of benzene rings is 1. The predicted octanol–water partition coefficient (Wildman–Crippen LogP) is 3.17. The molecule has 1 aromatic carbocycles. The molecule has 0 aromatic heterocycles. The van der Waals surface area contributed by atoms with Crippen LogP contribution >= 0.6 is 12.4 Å². The van der Waals surface area contributed by atoms with Crippen LogP contribution in [0.25, 0.3) is 0 Å². The molecule has 4 nitrogen and oxygen atoms in total. The third-order valence-electron chi connectivity index (χ3n) is 4.05. The van der Waals surface area contributed by atoms with E-state index in [1.165, 1.54) is 18.2 Å². The third-order valence-corrected chi connectivity index (χ3v) is 4.05. The lowest BCUT2D eigenvalue weighted by atomic mass is 9.78. The highest BCUT2D eigenvalue weighted by Gasteiger charge is 2.39. The van der Waals surface area contributed by atoms with E-state index in [0.717, 1.165) is 0 Å². The van der Waals surface area contributed by atoms with Crippen molar-refractivity contribution in [2.45, 2.75) is 25.4 Å². The Hall–Kier alpha value is -1.31. The minimum Gasteiger partial charge on any atom is -0.384 e. The molecule has 1 fully saturated rings. The molecule has 0 spiro atoms. The van der Waals surface area contributed by atoms with Crippen molar-refractivity contribution in [3.05, 3.63) is 29.8 Å². The van der Waals surface area contributed by atoms with Crippen LogP contribution in [0.5, 0.6) is 0 Å². The molecular weight excluding hydrogens is 345 g/mol. The van der Waals surface area contributed by atoms with E-state index in [-0.39, 0.29) is 23.9 Å². The number of alkyl halides is 3. The van der Waals surface area contributed by atoms with Crippen LogP contribution in [-0.2, 0) is 16.0 Å². The molecule has 1 aromatic rings. The maximum absolute atomic E-state index is 12.6. The summed E-state index contributed by atoms with van der Waals surface area (Å²) in [4.78, 5) is 12.6. The van der Waals surface area contributed by atoms with Crippen molar-refractivity contribution in [3.8, 4) is 0 Å². The Morgan fingerprint density at radius 3 is 2.58 bits per heavy atom. The molecule has 1 heterocycles. The minimum absolute atomic E-state index is 0. The Morgan fingerprint density at radius 2 is 2.00 bits per heavy atom. The zero-order valence-electron chi connectivity index (χ0n) is 13.4. The van der Waals surface area contributed by atoms with Gasteiger partial charge in [-0.2, -0.15) is 13.2 Å². The lowest BCUT2D eigenvalue weighted by molar-refractivity contribution is -0.130. The van der Waals surface area contributed by atoms with Gasteiger partial charge in [-0.3, -0.25) is 4.79 Å². The van der Waals surface area contributed by atoms with E-state index in [4.69, 9.17) is 4.74 Å². The van der Waals surface area contributed by atoms with Gasteiger partial charge in [0.05, 0.1) is 18.4 Å². The number of hydrogen-bond donors (Lipinski definition) is 2. The van der Waals surface area contributed by atoms with Crippen LogP contribution < -0.4 is 10.6 Å². The van der Waals surface area contributed by atoms with Crippen LogP contribution in [0.1, 0.15) is 18.4 Å². The van der Waals surface area contributed by atoms with Crippen LogP contribution in [-0.4, -0.2) is 38.9 Å². The predicted molar refractivity (Wildman–Crippen MR) is 88.5 cm³/mol. The summed E-state index contributed by atoms with van der Waals surface area (Å²) in [5, 5.41) is 5.94. The lowest BCUT2D eigenvalue weighted by Gasteiger charge is -2.35. The molecular formula is C16H22ClF3N2O2. The normalized spacial score (nSPS) is 17.0. The number of carbonyl (C=O) groups excluding carboxylic acids is 1. The fraction of sp³-hybridized carbons (Fsp3) is 0.562. The lowest BCUT2D eigenvalue weighted by Crippen LogP contribution is -2.47. The number of piperidine rings is 1. The monoisotopic (exact) mass is 366 g/mol. The molecule has 0 aliphatic carbocycles. The number of rotatable bonds is 5. The molecule has 0 radical (unpaired) electrons. The summed E-state index contributed by atoms with van der Waals surface area (Å²) < 4.78 is 42.6. The summed E-state index contributed by atoms with van der Waals surface area (Å²) in [6.07, 6.45) is -4.01. The van der Waals surface area contributed by atoms with Gasteiger partial charge in [-0.05, 0) is 43.6 Å². The van der Waals surface area contributed by atoms with Gasteiger partial charge in [-0.15, -0.1) is 12.4 Å². The van der Waals surface area contributed by atoms with Gasteiger partial charge in [0.1, 0.15) is 0 Å². The van der Waals surface area contributed by atoms with Gasteiger partial charge in [0.2, 0.25) is 5.91 Å². The van der Waals surface area contributed by atoms with Crippen LogP contribution in [0.15, 0.2) is 24.3 Å². The fourth-order valence-corrected chi connectivity index (χ4v) is 2.87. The first kappa shape index (κ1) is 20.7. The number of halogens is 4. The highest BCUT2D eigenvalue weighted by molar-refractivity contribution is 5.95. The summed E-state index contributed by atoms with van der Waals surface area (Å²) in [6.45, 7) is 1.72. The Labute approximate surface area is 145 Å². The van der Waals surface area contributed by atoms with Crippen molar-refractivity contribution in [2.75, 3.05) is 32.1 Å². The summed E-state index contributed by atoms with van der Waals surface area (Å²) >= 11 is 0. The zero-order chi connectivity index (χ0) is 16.9. The van der Waals surface area contributed by atoms with E-state index < -0.39 is 18.0 Å². The zero-order valence-corrected chi connectivity index (χ0v) is 14.2. The van der Waals surface area contributed by atoms with Crippen LogP contribution in [0.4, 0.5) is 18.9 Å². The van der Waals surface area contributed by atoms with E-state index in [1.54, 1.807) is 13.2 Å². The molecule has 0 atom stereocenters. The van der Waals surface area contributed by atoms with E-state index in [0.29, 0.717) is 38.2 Å². The van der Waals surface area contributed by atoms with Gasteiger partial charge in [-0.25, -0.2) is 0 Å². The molecule has 0 saturated carbocycles. The van der Waals surface area contributed by atoms with E-state index >= 15 is 0 Å². The number of hydrogen-bond acceptors (Lipinski definition) is 3. The Kier molecular flexibility index (Phi) is 7.51. The summed E-state index contributed by atoms with van der Waals surface area (Å²) in [6, 6.07) is 5.88. The molecule has 1 saturated heterocycles. The first-order valence-electron chi connectivity index (χ1n) is 7.51. The first-order chi connectivity index (χ1) is 10.8. The summed E-state index contributed by atoms with van der Waals surface area (Å²) in [5.74, 6) is -0.204. The van der Waals surface area contributed by atoms with Crippen LogP contribution in [0.2, 0.25) is 0 Å². The number of ether oxygens (including phenoxy) is 1. The molecule has 2 rings (SSSR count). The van der Waals surface area contributed by atoms with Crippen molar-refractivity contribution in [2.24, 2.45) is 5.41 Å². The first-order valence-corrected chi connectivity index (χ1v) is 7.51. The van der Waals surface area contributed by atoms with E-state index in [1.807, 2.05) is 0 Å². The molecule has 0 unspecified atom stereocenters. The second kappa shape index (κ2) is 8.69. The maximum atomic E-state index is 12.6. The fourth-order valence-electron chi connectivity index (χ4n) is 2.87. The SMILES string of the molecule is COCC1(C(=O)Nc2cccc(CC(F)(F)F)c2)CCNCC1.Cl. The van der Waals surface area contributed by atoms with E-state index in [9.17, 15) is 18.0 Å². The Morgan fingerprint density at radius 1 is 1.33 bits per heavy atom. The largest absolute Gasteiger partial charge is 0.393 e. The number of nitrogens with one attached hydrogen (secondary N) is 2. The van der Waals surface area contributed by atoms with Crippen molar-refractivity contribution >= 4 is 24.0 Å². The molecule has 0 bridgehead atoms. The van der Waals surface area contributed by atoms with Crippen LogP contribution in [0.3, 0.4) is 0 Å². The number of amides is 1. The second-order valence-corrected chi connectivity index (χ2v) is 5.91. The molecule has 2 N–H and O–H groups in total. The molecule has 1 amide bonds. The third kappa shape index (κ3) is 5.65.